The van der Waals surface area contributed by atoms with Gasteiger partial charge >= 0.3 is 6.03 Å². The van der Waals surface area contributed by atoms with Crippen molar-refractivity contribution < 1.29 is 19.1 Å². The van der Waals surface area contributed by atoms with Crippen LogP contribution in [0.1, 0.15) is 27.4 Å². The van der Waals surface area contributed by atoms with Crippen LogP contribution in [-0.2, 0) is 6.54 Å². The molecule has 0 bridgehead atoms. The van der Waals surface area contributed by atoms with Crippen molar-refractivity contribution >= 4 is 40.0 Å². The number of rotatable bonds is 7. The molecular weight excluding hydrogens is 478 g/mol. The number of amides is 2. The van der Waals surface area contributed by atoms with E-state index in [1.165, 1.54) is 33.6 Å². The normalized spacial score (nSPS) is 13.6. The SMILES string of the molecule is CNC(=O)n1ccc2cc(Oc3ccnc(NC(=O)c4ccc(CN5CCCC5)s4)c3)c(OC)cc21. The van der Waals surface area contributed by atoms with Crippen molar-refractivity contribution in [3.8, 4) is 17.2 Å². The monoisotopic (exact) mass is 505 g/mol. The smallest absolute Gasteiger partial charge is 0.325 e. The standard InChI is InChI=1S/C26H27N5O4S/c1-27-26(33)31-12-8-17-13-22(21(34-2)15-20(17)31)35-18-7-9-28-24(14-18)29-25(32)23-6-5-19(36-23)16-30-10-3-4-11-30/h5-9,12-15H,3-4,10-11,16H2,1-2H3,(H,27,33)(H,28,29,32). The van der Waals surface area contributed by atoms with Gasteiger partial charge in [0.05, 0.1) is 17.5 Å². The number of thiophene rings is 1. The maximum Gasteiger partial charge on any atom is 0.325 e. The largest absolute Gasteiger partial charge is 0.493 e. The highest BCUT2D eigenvalue weighted by Crippen LogP contribution is 2.36. The maximum atomic E-state index is 12.8. The quantitative estimate of drug-likeness (QED) is 0.370. The van der Waals surface area contributed by atoms with Gasteiger partial charge in [-0.25, -0.2) is 9.78 Å². The number of hydrogen-bond donors (Lipinski definition) is 2. The first-order valence-electron chi connectivity index (χ1n) is 11.7. The molecule has 5 rings (SSSR count). The summed E-state index contributed by atoms with van der Waals surface area (Å²) in [7, 11) is 3.12. The van der Waals surface area contributed by atoms with Crippen molar-refractivity contribution in [2.24, 2.45) is 0 Å². The molecule has 9 nitrogen and oxygen atoms in total. The van der Waals surface area contributed by atoms with Crippen molar-refractivity contribution in [2.75, 3.05) is 32.6 Å². The van der Waals surface area contributed by atoms with Crippen LogP contribution < -0.4 is 20.1 Å². The fourth-order valence-corrected chi connectivity index (χ4v) is 5.22. The molecule has 1 saturated heterocycles. The number of methoxy groups -OCH3 is 1. The number of nitrogens with zero attached hydrogens (tertiary/aromatic N) is 3. The number of nitrogens with one attached hydrogen (secondary N) is 2. The van der Waals surface area contributed by atoms with Gasteiger partial charge in [-0.05, 0) is 56.3 Å². The minimum atomic E-state index is -0.246. The van der Waals surface area contributed by atoms with E-state index in [0.717, 1.165) is 25.0 Å². The lowest BCUT2D eigenvalue weighted by atomic mass is 10.2. The Morgan fingerprint density at radius 1 is 1.08 bits per heavy atom. The van der Waals surface area contributed by atoms with Crippen LogP contribution in [0.2, 0.25) is 0 Å². The van der Waals surface area contributed by atoms with Gasteiger partial charge in [-0.1, -0.05) is 0 Å². The second kappa shape index (κ2) is 10.4. The Hall–Kier alpha value is -3.89. The number of aromatic nitrogens is 2. The third-order valence-electron chi connectivity index (χ3n) is 6.07. The van der Waals surface area contributed by atoms with E-state index in [2.05, 4.69) is 20.5 Å². The molecule has 0 radical (unpaired) electrons. The van der Waals surface area contributed by atoms with Gasteiger partial charge < -0.3 is 20.1 Å². The van der Waals surface area contributed by atoms with Gasteiger partial charge in [0.15, 0.2) is 11.5 Å². The van der Waals surface area contributed by atoms with Crippen LogP contribution in [0, 0.1) is 0 Å². The molecule has 186 valence electrons. The van der Waals surface area contributed by atoms with E-state index in [1.807, 2.05) is 18.2 Å². The molecule has 2 amide bonds. The van der Waals surface area contributed by atoms with Crippen LogP contribution in [0.5, 0.6) is 17.2 Å². The van der Waals surface area contributed by atoms with Crippen molar-refractivity contribution in [2.45, 2.75) is 19.4 Å². The van der Waals surface area contributed by atoms with Crippen LogP contribution in [0.25, 0.3) is 10.9 Å². The van der Waals surface area contributed by atoms with Gasteiger partial charge in [-0.3, -0.25) is 14.3 Å². The first-order chi connectivity index (χ1) is 17.5. The molecule has 0 unspecified atom stereocenters. The predicted molar refractivity (Wildman–Crippen MR) is 139 cm³/mol. The summed E-state index contributed by atoms with van der Waals surface area (Å²) in [4.78, 5) is 33.4. The average molecular weight is 506 g/mol. The number of carbonyl (C=O) groups excluding carboxylic acids is 2. The molecule has 10 heteroatoms. The topological polar surface area (TPSA) is 97.7 Å². The summed E-state index contributed by atoms with van der Waals surface area (Å²) in [6, 6.07) is 12.4. The number of anilines is 1. The number of fused-ring (bicyclic) bond motifs is 1. The zero-order chi connectivity index (χ0) is 25.1. The maximum absolute atomic E-state index is 12.8. The van der Waals surface area contributed by atoms with Crippen LogP contribution >= 0.6 is 11.3 Å². The summed E-state index contributed by atoms with van der Waals surface area (Å²) in [5, 5.41) is 6.29. The third-order valence-corrected chi connectivity index (χ3v) is 7.14. The van der Waals surface area contributed by atoms with Crippen molar-refractivity contribution in [3.63, 3.8) is 0 Å². The Morgan fingerprint density at radius 3 is 2.69 bits per heavy atom. The number of benzene rings is 1. The molecule has 1 aromatic carbocycles. The molecule has 0 spiro atoms. The van der Waals surface area contributed by atoms with E-state index in [1.54, 1.807) is 50.8 Å². The molecule has 1 aliphatic heterocycles. The highest BCUT2D eigenvalue weighted by molar-refractivity contribution is 7.14. The lowest BCUT2D eigenvalue weighted by Crippen LogP contribution is -2.23. The number of ether oxygens (including phenoxy) is 2. The molecule has 4 aromatic rings. The molecular formula is C26H27N5O4S. The summed E-state index contributed by atoms with van der Waals surface area (Å²) in [6.07, 6.45) is 5.75. The molecule has 0 saturated carbocycles. The summed E-state index contributed by atoms with van der Waals surface area (Å²) in [6.45, 7) is 3.12. The van der Waals surface area contributed by atoms with Crippen LogP contribution in [-0.4, -0.2) is 53.6 Å². The van der Waals surface area contributed by atoms with E-state index in [-0.39, 0.29) is 11.9 Å². The highest BCUT2D eigenvalue weighted by atomic mass is 32.1. The van der Waals surface area contributed by atoms with Crippen LogP contribution in [0.15, 0.2) is 54.9 Å². The van der Waals surface area contributed by atoms with Crippen molar-refractivity contribution in [1.29, 1.82) is 0 Å². The summed E-state index contributed by atoms with van der Waals surface area (Å²) >= 11 is 1.51. The number of pyridine rings is 1. The average Bonchev–Trinajstić information content (AvgIpc) is 3.65. The summed E-state index contributed by atoms with van der Waals surface area (Å²) in [5.41, 5.74) is 0.696. The number of likely N-dealkylation sites (tertiary alicyclic amines) is 1. The minimum Gasteiger partial charge on any atom is -0.493 e. The highest BCUT2D eigenvalue weighted by Gasteiger charge is 2.17. The summed E-state index contributed by atoms with van der Waals surface area (Å²) < 4.78 is 13.1. The molecule has 4 heterocycles. The molecule has 3 aromatic heterocycles. The van der Waals surface area contributed by atoms with Gasteiger partial charge in [0.1, 0.15) is 11.6 Å². The lowest BCUT2D eigenvalue weighted by Gasteiger charge is -2.13. The van der Waals surface area contributed by atoms with E-state index >= 15 is 0 Å². The van der Waals surface area contributed by atoms with Crippen molar-refractivity contribution in [3.05, 3.63) is 64.6 Å². The Kier molecular flexibility index (Phi) is 6.88. The van der Waals surface area contributed by atoms with Gasteiger partial charge in [-0.15, -0.1) is 11.3 Å². The van der Waals surface area contributed by atoms with Crippen molar-refractivity contribution in [1.82, 2.24) is 19.8 Å². The third kappa shape index (κ3) is 5.05. The zero-order valence-corrected chi connectivity index (χ0v) is 20.9. The second-order valence-electron chi connectivity index (χ2n) is 8.48. The Labute approximate surface area is 212 Å². The zero-order valence-electron chi connectivity index (χ0n) is 20.1. The molecule has 2 N–H and O–H groups in total. The Bertz CT molecular complexity index is 1410. The van der Waals surface area contributed by atoms with Gasteiger partial charge in [0.2, 0.25) is 0 Å². The Balaban J connectivity index is 1.30. The predicted octanol–water partition coefficient (Wildman–Crippen LogP) is 4.93. The lowest BCUT2D eigenvalue weighted by molar-refractivity contribution is 0.103. The molecule has 0 atom stereocenters. The van der Waals surface area contributed by atoms with Gasteiger partial charge in [0.25, 0.3) is 5.91 Å². The van der Waals surface area contributed by atoms with Gasteiger partial charge in [-0.2, -0.15) is 0 Å². The first kappa shape index (κ1) is 23.8. The fourth-order valence-electron chi connectivity index (χ4n) is 4.27. The fraction of sp³-hybridized carbons (Fsp3) is 0.269. The molecule has 1 aliphatic rings. The molecule has 1 fully saturated rings. The number of carbonyl (C=O) groups is 2. The van der Waals surface area contributed by atoms with Crippen LogP contribution in [0.4, 0.5) is 10.6 Å². The minimum absolute atomic E-state index is 0.202. The second-order valence-corrected chi connectivity index (χ2v) is 9.65. The first-order valence-corrected chi connectivity index (χ1v) is 12.5. The van der Waals surface area contributed by atoms with Gasteiger partial charge in [0, 0.05) is 48.4 Å². The molecule has 36 heavy (non-hydrogen) atoms. The van der Waals surface area contributed by atoms with E-state index in [9.17, 15) is 9.59 Å². The number of hydrogen-bond acceptors (Lipinski definition) is 7. The molecule has 0 aliphatic carbocycles. The Morgan fingerprint density at radius 2 is 1.92 bits per heavy atom. The van der Waals surface area contributed by atoms with Crippen LogP contribution in [0.3, 0.4) is 0 Å². The summed E-state index contributed by atoms with van der Waals surface area (Å²) in [5.74, 6) is 1.63. The van der Waals surface area contributed by atoms with E-state index < -0.39 is 0 Å². The van der Waals surface area contributed by atoms with E-state index in [0.29, 0.717) is 33.5 Å². The van der Waals surface area contributed by atoms with E-state index in [4.69, 9.17) is 9.47 Å².